The van der Waals surface area contributed by atoms with Gasteiger partial charge < -0.3 is 9.84 Å². The minimum atomic E-state index is -4.89. The van der Waals surface area contributed by atoms with E-state index in [1.807, 2.05) is 4.72 Å². The van der Waals surface area contributed by atoms with E-state index in [-0.39, 0.29) is 21.9 Å². The summed E-state index contributed by atoms with van der Waals surface area (Å²) >= 11 is 0. The van der Waals surface area contributed by atoms with Gasteiger partial charge in [0.2, 0.25) is 0 Å². The molecule has 0 fully saturated rings. The number of benzene rings is 3. The van der Waals surface area contributed by atoms with Gasteiger partial charge in [-0.05, 0) is 48.0 Å². The molecule has 1 amide bonds. The first kappa shape index (κ1) is 22.3. The van der Waals surface area contributed by atoms with Gasteiger partial charge in [0.25, 0.3) is 15.9 Å². The van der Waals surface area contributed by atoms with E-state index in [2.05, 4.69) is 10.5 Å². The molecule has 33 heavy (non-hydrogen) atoms. The minimum absolute atomic E-state index is 0.0599. The molecule has 11 heteroatoms. The first-order chi connectivity index (χ1) is 15.5. The number of rotatable bonds is 5. The summed E-state index contributed by atoms with van der Waals surface area (Å²) < 4.78 is 73.6. The van der Waals surface area contributed by atoms with Crippen LogP contribution in [0.4, 0.5) is 24.5 Å². The Morgan fingerprint density at radius 3 is 2.39 bits per heavy atom. The number of hydrogen-bond acceptors (Lipinski definition) is 5. The molecule has 0 saturated heterocycles. The first-order valence-corrected chi connectivity index (χ1v) is 11.0. The lowest BCUT2D eigenvalue weighted by Gasteiger charge is -2.17. The molecule has 7 nitrogen and oxygen atoms in total. The summed E-state index contributed by atoms with van der Waals surface area (Å²) in [6.07, 6.45) is -3.75. The van der Waals surface area contributed by atoms with Crippen molar-refractivity contribution in [1.82, 2.24) is 5.16 Å². The van der Waals surface area contributed by atoms with Crippen molar-refractivity contribution in [2.45, 2.75) is 18.0 Å². The van der Waals surface area contributed by atoms with Gasteiger partial charge in [-0.1, -0.05) is 35.5 Å². The zero-order valence-corrected chi connectivity index (χ0v) is 17.8. The van der Waals surface area contributed by atoms with Gasteiger partial charge in [0, 0.05) is 5.69 Å². The van der Waals surface area contributed by atoms with E-state index in [1.54, 1.807) is 30.3 Å². The van der Waals surface area contributed by atoms with Crippen LogP contribution in [0.25, 0.3) is 10.8 Å². The van der Waals surface area contributed by atoms with Crippen LogP contribution in [-0.2, 0) is 16.2 Å². The van der Waals surface area contributed by atoms with Crippen molar-refractivity contribution in [3.63, 3.8) is 0 Å². The largest absolute Gasteiger partial charge is 0.418 e. The Morgan fingerprint density at radius 1 is 1.00 bits per heavy atom. The van der Waals surface area contributed by atoms with Crippen LogP contribution in [0.3, 0.4) is 0 Å². The summed E-state index contributed by atoms with van der Waals surface area (Å²) in [5, 5.41) is 7.19. The Morgan fingerprint density at radius 2 is 1.73 bits per heavy atom. The van der Waals surface area contributed by atoms with Crippen molar-refractivity contribution < 1.29 is 30.9 Å². The fourth-order valence-electron chi connectivity index (χ4n) is 3.20. The summed E-state index contributed by atoms with van der Waals surface area (Å²) in [7, 11) is -4.32. The molecule has 0 aliphatic carbocycles. The van der Waals surface area contributed by atoms with Crippen LogP contribution in [0, 0.1) is 6.92 Å². The second-order valence-electron chi connectivity index (χ2n) is 7.12. The van der Waals surface area contributed by atoms with Gasteiger partial charge >= 0.3 is 6.18 Å². The topological polar surface area (TPSA) is 101 Å². The molecule has 170 valence electrons. The number of alkyl halides is 3. The number of halogens is 3. The van der Waals surface area contributed by atoms with E-state index < -0.39 is 33.4 Å². The monoisotopic (exact) mass is 475 g/mol. The van der Waals surface area contributed by atoms with Crippen molar-refractivity contribution in [1.29, 1.82) is 0 Å². The molecule has 0 aliphatic rings. The minimum Gasteiger partial charge on any atom is -0.361 e. The lowest BCUT2D eigenvalue weighted by molar-refractivity contribution is -0.136. The van der Waals surface area contributed by atoms with Gasteiger partial charge in [0.15, 0.2) is 0 Å². The number of aryl methyl sites for hydroxylation is 1. The maximum atomic E-state index is 13.7. The molecule has 2 N–H and O–H groups in total. The zero-order chi connectivity index (χ0) is 23.8. The van der Waals surface area contributed by atoms with Gasteiger partial charge in [-0.25, -0.2) is 8.42 Å². The fourth-order valence-corrected chi connectivity index (χ4v) is 4.31. The van der Waals surface area contributed by atoms with Crippen LogP contribution in [0.15, 0.2) is 76.3 Å². The SMILES string of the molecule is Cc1oncc1C(=O)Nc1ccc(NS(=O)(=O)c2ccc3ccccc3c2)c(C(F)(F)F)c1. The van der Waals surface area contributed by atoms with E-state index in [1.165, 1.54) is 19.1 Å². The maximum absolute atomic E-state index is 13.7. The highest BCUT2D eigenvalue weighted by molar-refractivity contribution is 7.92. The number of fused-ring (bicyclic) bond motifs is 1. The second kappa shape index (κ2) is 8.24. The smallest absolute Gasteiger partial charge is 0.361 e. The van der Waals surface area contributed by atoms with Crippen LogP contribution >= 0.6 is 0 Å². The molecular weight excluding hydrogens is 459 g/mol. The van der Waals surface area contributed by atoms with E-state index in [9.17, 15) is 26.4 Å². The van der Waals surface area contributed by atoms with Crippen LogP contribution in [0.1, 0.15) is 21.7 Å². The molecule has 0 aliphatic heterocycles. The molecule has 4 rings (SSSR count). The number of hydrogen-bond donors (Lipinski definition) is 2. The molecule has 1 heterocycles. The third kappa shape index (κ3) is 4.67. The highest BCUT2D eigenvalue weighted by Crippen LogP contribution is 2.37. The van der Waals surface area contributed by atoms with Crippen molar-refractivity contribution in [3.8, 4) is 0 Å². The predicted octanol–water partition coefficient (Wildman–Crippen LogP) is 5.21. The quantitative estimate of drug-likeness (QED) is 0.413. The number of carbonyl (C=O) groups excluding carboxylic acids is 1. The Balaban J connectivity index is 1.66. The molecule has 1 aromatic heterocycles. The van der Waals surface area contributed by atoms with Crippen molar-refractivity contribution in [2.75, 3.05) is 10.0 Å². The normalized spacial score (nSPS) is 12.0. The molecule has 0 bridgehead atoms. The third-order valence-corrected chi connectivity index (χ3v) is 6.22. The summed E-state index contributed by atoms with van der Waals surface area (Å²) in [6.45, 7) is 1.48. The Kier molecular flexibility index (Phi) is 5.58. The molecule has 3 aromatic carbocycles. The third-order valence-electron chi connectivity index (χ3n) is 4.85. The number of anilines is 2. The zero-order valence-electron chi connectivity index (χ0n) is 17.0. The first-order valence-electron chi connectivity index (χ1n) is 9.50. The van der Waals surface area contributed by atoms with Crippen molar-refractivity contribution >= 4 is 38.1 Å². The van der Waals surface area contributed by atoms with Gasteiger partial charge in [0.05, 0.1) is 22.3 Å². The standard InChI is InChI=1S/C22H16F3N3O4S/c1-13-18(12-26-32-13)21(29)27-16-7-9-20(19(11-16)22(23,24)25)28-33(30,31)17-8-6-14-4-2-3-5-15(14)10-17/h2-12,28H,1H3,(H,27,29). The van der Waals surface area contributed by atoms with E-state index in [0.717, 1.165) is 23.7 Å². The molecule has 4 aromatic rings. The number of carbonyl (C=O) groups is 1. The lowest BCUT2D eigenvalue weighted by Crippen LogP contribution is -2.18. The Hall–Kier alpha value is -3.86. The van der Waals surface area contributed by atoms with Crippen molar-refractivity contribution in [3.05, 3.63) is 83.7 Å². The second-order valence-corrected chi connectivity index (χ2v) is 8.80. The van der Waals surface area contributed by atoms with Gasteiger partial charge in [-0.2, -0.15) is 13.2 Å². The van der Waals surface area contributed by atoms with E-state index in [0.29, 0.717) is 11.5 Å². The predicted molar refractivity (Wildman–Crippen MR) is 115 cm³/mol. The molecule has 0 radical (unpaired) electrons. The molecule has 0 spiro atoms. The fraction of sp³-hybridized carbons (Fsp3) is 0.0909. The molecular formula is C22H16F3N3O4S. The average Bonchev–Trinajstić information content (AvgIpc) is 3.19. The highest BCUT2D eigenvalue weighted by atomic mass is 32.2. The molecule has 0 unspecified atom stereocenters. The summed E-state index contributed by atoms with van der Waals surface area (Å²) in [4.78, 5) is 12.1. The van der Waals surface area contributed by atoms with Gasteiger partial charge in [-0.15, -0.1) is 0 Å². The van der Waals surface area contributed by atoms with Crippen LogP contribution in [0.5, 0.6) is 0 Å². The number of nitrogens with zero attached hydrogens (tertiary/aromatic N) is 1. The Bertz CT molecular complexity index is 1460. The van der Waals surface area contributed by atoms with Crippen molar-refractivity contribution in [2.24, 2.45) is 0 Å². The molecule has 0 saturated carbocycles. The van der Waals surface area contributed by atoms with Crippen LogP contribution in [-0.4, -0.2) is 19.5 Å². The highest BCUT2D eigenvalue weighted by Gasteiger charge is 2.35. The Labute approximate surface area is 186 Å². The summed E-state index contributed by atoms with van der Waals surface area (Å²) in [6, 6.07) is 14.0. The number of sulfonamides is 1. The van der Waals surface area contributed by atoms with Gasteiger partial charge in [0.1, 0.15) is 11.3 Å². The van der Waals surface area contributed by atoms with Crippen LogP contribution < -0.4 is 10.0 Å². The molecule has 0 atom stereocenters. The maximum Gasteiger partial charge on any atom is 0.418 e. The van der Waals surface area contributed by atoms with Gasteiger partial charge in [-0.3, -0.25) is 9.52 Å². The van der Waals surface area contributed by atoms with E-state index >= 15 is 0 Å². The average molecular weight is 475 g/mol. The summed E-state index contributed by atoms with van der Waals surface area (Å²) in [5.74, 6) is -0.519. The number of aromatic nitrogens is 1. The lowest BCUT2D eigenvalue weighted by atomic mass is 10.1. The number of nitrogens with one attached hydrogen (secondary N) is 2. The number of amides is 1. The van der Waals surface area contributed by atoms with E-state index in [4.69, 9.17) is 4.52 Å². The summed E-state index contributed by atoms with van der Waals surface area (Å²) in [5.41, 5.74) is -2.05. The van der Waals surface area contributed by atoms with Crippen LogP contribution in [0.2, 0.25) is 0 Å².